The van der Waals surface area contributed by atoms with Gasteiger partial charge in [-0.05, 0) is 54.8 Å². The maximum atomic E-state index is 12.5. The number of ether oxygens (including phenoxy) is 3. The van der Waals surface area contributed by atoms with E-state index in [1.807, 2.05) is 0 Å². The van der Waals surface area contributed by atoms with E-state index in [-0.39, 0.29) is 18.0 Å². The molecule has 1 heterocycles. The molecule has 3 saturated carbocycles. The van der Waals surface area contributed by atoms with Gasteiger partial charge >= 0.3 is 5.97 Å². The Hall–Kier alpha value is -0.870. The molecule has 21 heavy (non-hydrogen) atoms. The van der Waals surface area contributed by atoms with Crippen molar-refractivity contribution in [3.63, 3.8) is 0 Å². The summed E-state index contributed by atoms with van der Waals surface area (Å²) in [6, 6.07) is 0. The highest BCUT2D eigenvalue weighted by Crippen LogP contribution is 2.67. The van der Waals surface area contributed by atoms with Gasteiger partial charge in [0.2, 0.25) is 0 Å². The topological polar surface area (TPSA) is 44.8 Å². The predicted molar refractivity (Wildman–Crippen MR) is 74.1 cm³/mol. The third-order valence-corrected chi connectivity index (χ3v) is 6.68. The van der Waals surface area contributed by atoms with Crippen LogP contribution in [0.4, 0.5) is 0 Å². The minimum Gasteiger partial charge on any atom is -0.463 e. The van der Waals surface area contributed by atoms with Gasteiger partial charge in [0, 0.05) is 0 Å². The van der Waals surface area contributed by atoms with Crippen LogP contribution in [0, 0.1) is 41.4 Å². The van der Waals surface area contributed by atoms with E-state index in [0.717, 1.165) is 36.0 Å². The molecule has 4 aliphatic carbocycles. The van der Waals surface area contributed by atoms with Crippen LogP contribution in [0.2, 0.25) is 0 Å². The van der Waals surface area contributed by atoms with Gasteiger partial charge in [0.15, 0.2) is 0 Å². The lowest BCUT2D eigenvalue weighted by molar-refractivity contribution is -0.154. The number of carbonyl (C=O) groups is 1. The van der Waals surface area contributed by atoms with Crippen molar-refractivity contribution in [2.75, 3.05) is 20.0 Å². The van der Waals surface area contributed by atoms with E-state index in [0.29, 0.717) is 25.9 Å². The normalized spacial score (nSPS) is 52.6. The van der Waals surface area contributed by atoms with Crippen LogP contribution in [-0.4, -0.2) is 32.1 Å². The van der Waals surface area contributed by atoms with Gasteiger partial charge in [0.1, 0.15) is 19.5 Å². The second-order valence-corrected chi connectivity index (χ2v) is 7.51. The predicted octanol–water partition coefficient (Wildman–Crippen LogP) is 2.00. The van der Waals surface area contributed by atoms with E-state index in [9.17, 15) is 4.79 Å². The van der Waals surface area contributed by atoms with E-state index in [4.69, 9.17) is 14.2 Å². The van der Waals surface area contributed by atoms with E-state index in [2.05, 4.69) is 12.2 Å². The van der Waals surface area contributed by atoms with Gasteiger partial charge in [-0.2, -0.15) is 0 Å². The van der Waals surface area contributed by atoms with E-state index in [1.54, 1.807) is 0 Å². The van der Waals surface area contributed by atoms with Crippen LogP contribution in [0.25, 0.3) is 0 Å². The summed E-state index contributed by atoms with van der Waals surface area (Å²) in [7, 11) is 0. The van der Waals surface area contributed by atoms with Gasteiger partial charge < -0.3 is 14.2 Å². The standard InChI is InChI=1S/C17H22O4/c18-17(20-7-12-6-19-8-21-12)14-5-11-4-13(14)16-10-2-1-9(3-10)15(11)16/h1-2,9-16H,3-8H2. The molecular weight excluding hydrogens is 268 g/mol. The number of esters is 1. The first-order valence-electron chi connectivity index (χ1n) is 8.35. The van der Waals surface area contributed by atoms with Crippen molar-refractivity contribution in [1.82, 2.24) is 0 Å². The molecule has 4 nitrogen and oxygen atoms in total. The van der Waals surface area contributed by atoms with E-state index < -0.39 is 0 Å². The number of rotatable bonds is 3. The lowest BCUT2D eigenvalue weighted by Crippen LogP contribution is -2.36. The summed E-state index contributed by atoms with van der Waals surface area (Å²) in [6.45, 7) is 1.23. The summed E-state index contributed by atoms with van der Waals surface area (Å²) >= 11 is 0. The zero-order chi connectivity index (χ0) is 14.0. The van der Waals surface area contributed by atoms with Crippen LogP contribution < -0.4 is 0 Å². The highest BCUT2D eigenvalue weighted by Gasteiger charge is 2.62. The Morgan fingerprint density at radius 2 is 2.00 bits per heavy atom. The van der Waals surface area contributed by atoms with Crippen molar-refractivity contribution in [2.45, 2.75) is 25.4 Å². The number of hydrogen-bond acceptors (Lipinski definition) is 4. The molecule has 4 fully saturated rings. The maximum Gasteiger partial charge on any atom is 0.309 e. The Kier molecular flexibility index (Phi) is 2.75. The highest BCUT2D eigenvalue weighted by molar-refractivity contribution is 5.73. The third kappa shape index (κ3) is 1.78. The minimum absolute atomic E-state index is 0.0169. The molecule has 0 aromatic heterocycles. The summed E-state index contributed by atoms with van der Waals surface area (Å²) in [6.07, 6.45) is 8.45. The molecule has 0 aromatic rings. The second-order valence-electron chi connectivity index (χ2n) is 7.51. The first-order valence-corrected chi connectivity index (χ1v) is 8.35. The van der Waals surface area contributed by atoms with Crippen LogP contribution >= 0.6 is 0 Å². The Bertz CT molecular complexity index is 481. The lowest BCUT2D eigenvalue weighted by atomic mass is 9.69. The first kappa shape index (κ1) is 12.7. The van der Waals surface area contributed by atoms with Crippen molar-refractivity contribution in [1.29, 1.82) is 0 Å². The molecule has 4 heteroatoms. The molecule has 1 saturated heterocycles. The van der Waals surface area contributed by atoms with Crippen molar-refractivity contribution in [2.24, 2.45) is 41.4 Å². The molecular formula is C17H22O4. The molecule has 8 atom stereocenters. The van der Waals surface area contributed by atoms with Gasteiger partial charge in [-0.3, -0.25) is 4.79 Å². The Morgan fingerprint density at radius 3 is 2.81 bits per heavy atom. The summed E-state index contributed by atoms with van der Waals surface area (Å²) in [4.78, 5) is 12.5. The van der Waals surface area contributed by atoms with Crippen LogP contribution in [0.1, 0.15) is 19.3 Å². The quantitative estimate of drug-likeness (QED) is 0.453. The number of allylic oxidation sites excluding steroid dienone is 2. The molecule has 8 unspecified atom stereocenters. The Balaban J connectivity index is 1.25. The Labute approximate surface area is 124 Å². The fraction of sp³-hybridized carbons (Fsp3) is 0.824. The SMILES string of the molecule is O=C(OCC1COCO1)C1CC2CC1C1C3C=CC(C3)C21. The zero-order valence-corrected chi connectivity index (χ0v) is 12.1. The summed E-state index contributed by atoms with van der Waals surface area (Å²) in [5.74, 6) is 4.71. The van der Waals surface area contributed by atoms with Gasteiger partial charge in [-0.25, -0.2) is 0 Å². The highest BCUT2D eigenvalue weighted by atomic mass is 16.7. The number of carbonyl (C=O) groups excluding carboxylic acids is 1. The Morgan fingerprint density at radius 1 is 1.14 bits per heavy atom. The number of fused-ring (bicyclic) bond motifs is 9. The molecule has 1 aliphatic heterocycles. The third-order valence-electron chi connectivity index (χ3n) is 6.68. The molecule has 5 rings (SSSR count). The lowest BCUT2D eigenvalue weighted by Gasteiger charge is -2.35. The van der Waals surface area contributed by atoms with Crippen LogP contribution in [-0.2, 0) is 19.0 Å². The minimum atomic E-state index is -0.0642. The fourth-order valence-corrected chi connectivity index (χ4v) is 6.04. The van der Waals surface area contributed by atoms with Gasteiger partial charge in [0.25, 0.3) is 0 Å². The van der Waals surface area contributed by atoms with Crippen LogP contribution in [0.5, 0.6) is 0 Å². The molecule has 0 amide bonds. The van der Waals surface area contributed by atoms with Crippen LogP contribution in [0.15, 0.2) is 12.2 Å². The van der Waals surface area contributed by atoms with E-state index >= 15 is 0 Å². The summed E-state index contributed by atoms with van der Waals surface area (Å²) in [5, 5.41) is 0. The molecule has 5 aliphatic rings. The molecule has 4 bridgehead atoms. The second kappa shape index (κ2) is 4.56. The van der Waals surface area contributed by atoms with Gasteiger partial charge in [-0.15, -0.1) is 0 Å². The summed E-state index contributed by atoms with van der Waals surface area (Å²) in [5.41, 5.74) is 0. The molecule has 114 valence electrons. The van der Waals surface area contributed by atoms with Crippen molar-refractivity contribution >= 4 is 5.97 Å². The zero-order valence-electron chi connectivity index (χ0n) is 12.1. The van der Waals surface area contributed by atoms with E-state index in [1.165, 1.54) is 12.8 Å². The molecule has 0 spiro atoms. The largest absolute Gasteiger partial charge is 0.463 e. The molecule has 0 radical (unpaired) electrons. The van der Waals surface area contributed by atoms with Crippen molar-refractivity contribution in [3.05, 3.63) is 12.2 Å². The average Bonchev–Trinajstić information content (AvgIpc) is 3.30. The van der Waals surface area contributed by atoms with Crippen molar-refractivity contribution in [3.8, 4) is 0 Å². The van der Waals surface area contributed by atoms with Crippen LogP contribution in [0.3, 0.4) is 0 Å². The van der Waals surface area contributed by atoms with Crippen molar-refractivity contribution < 1.29 is 19.0 Å². The first-order chi connectivity index (χ1) is 10.3. The smallest absolute Gasteiger partial charge is 0.309 e. The average molecular weight is 290 g/mol. The van der Waals surface area contributed by atoms with Gasteiger partial charge in [0.05, 0.1) is 12.5 Å². The molecule has 0 aromatic carbocycles. The van der Waals surface area contributed by atoms with Gasteiger partial charge in [-0.1, -0.05) is 12.2 Å². The summed E-state index contributed by atoms with van der Waals surface area (Å²) < 4.78 is 16.0. The fourth-order valence-electron chi connectivity index (χ4n) is 6.04. The molecule has 0 N–H and O–H groups in total. The monoisotopic (exact) mass is 290 g/mol. The number of hydrogen-bond donors (Lipinski definition) is 0. The maximum absolute atomic E-state index is 12.5.